The fraction of sp³-hybridized carbons (Fsp3) is 0.273. The number of nitrogens with zero attached hydrogens (tertiary/aromatic N) is 2. The molecule has 0 saturated heterocycles. The van der Waals surface area contributed by atoms with E-state index in [1.54, 1.807) is 63.5 Å². The van der Waals surface area contributed by atoms with Crippen molar-refractivity contribution in [2.24, 2.45) is 0 Å². The molecule has 0 fully saturated rings. The summed E-state index contributed by atoms with van der Waals surface area (Å²) >= 11 is 0. The molecule has 0 spiro atoms. The van der Waals surface area contributed by atoms with Crippen molar-refractivity contribution in [1.82, 2.24) is 9.88 Å². The van der Waals surface area contributed by atoms with Gasteiger partial charge in [-0.25, -0.2) is 9.37 Å². The van der Waals surface area contributed by atoms with Gasteiger partial charge in [0.1, 0.15) is 17.3 Å². The molecule has 0 radical (unpaired) electrons. The van der Waals surface area contributed by atoms with Crippen LogP contribution in [-0.2, 0) is 11.2 Å². The van der Waals surface area contributed by atoms with Gasteiger partial charge in [0.15, 0.2) is 0 Å². The maximum absolute atomic E-state index is 13.9. The van der Waals surface area contributed by atoms with E-state index < -0.39 is 11.9 Å². The molecule has 0 bridgehead atoms. The van der Waals surface area contributed by atoms with Crippen molar-refractivity contribution in [1.29, 1.82) is 0 Å². The summed E-state index contributed by atoms with van der Waals surface area (Å²) in [4.78, 5) is 18.3. The first kappa shape index (κ1) is 20.5. The largest absolute Gasteiger partial charge is 0.497 e. The summed E-state index contributed by atoms with van der Waals surface area (Å²) in [6.45, 7) is 1.81. The van der Waals surface area contributed by atoms with E-state index in [4.69, 9.17) is 9.15 Å². The number of halogens is 1. The zero-order valence-electron chi connectivity index (χ0n) is 16.6. The van der Waals surface area contributed by atoms with Gasteiger partial charge < -0.3 is 19.2 Å². The number of aromatic nitrogens is 1. The van der Waals surface area contributed by atoms with E-state index in [1.165, 1.54) is 11.0 Å². The minimum atomic E-state index is -0.831. The number of ether oxygens (including phenoxy) is 1. The lowest BCUT2D eigenvalue weighted by atomic mass is 10.1. The van der Waals surface area contributed by atoms with Crippen molar-refractivity contribution in [2.75, 3.05) is 20.7 Å². The molecule has 1 unspecified atom stereocenters. The second-order valence-corrected chi connectivity index (χ2v) is 6.74. The number of aliphatic hydroxyl groups excluding tert-OH is 1. The molecule has 1 amide bonds. The minimum Gasteiger partial charge on any atom is -0.497 e. The number of likely N-dealkylation sites (N-methyl/N-ethyl adjacent to an activating group) is 1. The summed E-state index contributed by atoms with van der Waals surface area (Å²) in [5.41, 5.74) is 1.38. The Balaban J connectivity index is 1.65. The summed E-state index contributed by atoms with van der Waals surface area (Å²) in [6.07, 6.45) is -0.836. The Hall–Kier alpha value is -3.19. The molecule has 0 saturated carbocycles. The lowest BCUT2D eigenvalue weighted by Crippen LogP contribution is -2.32. The number of methoxy groups -OCH3 is 1. The van der Waals surface area contributed by atoms with Crippen molar-refractivity contribution < 1.29 is 23.4 Å². The molecule has 1 heterocycles. The van der Waals surface area contributed by atoms with Gasteiger partial charge in [-0.15, -0.1) is 0 Å². The SMILES string of the molecule is COc1ccc(C(O)CN(C)C(=O)Cc2nc(-c3ccccc3F)oc2C)cc1. The van der Waals surface area contributed by atoms with Gasteiger partial charge in [0.05, 0.1) is 37.4 Å². The predicted octanol–water partition coefficient (Wildman–Crippen LogP) is 3.53. The van der Waals surface area contributed by atoms with Crippen LogP contribution in [0.15, 0.2) is 52.9 Å². The van der Waals surface area contributed by atoms with Crippen LogP contribution in [0.4, 0.5) is 4.39 Å². The monoisotopic (exact) mass is 398 g/mol. The van der Waals surface area contributed by atoms with Crippen LogP contribution in [0.25, 0.3) is 11.5 Å². The quantitative estimate of drug-likeness (QED) is 0.659. The van der Waals surface area contributed by atoms with Crippen LogP contribution in [0.2, 0.25) is 0 Å². The number of amides is 1. The van der Waals surface area contributed by atoms with Crippen LogP contribution in [-0.4, -0.2) is 41.6 Å². The number of oxazole rings is 1. The molecule has 0 aliphatic carbocycles. The molecule has 29 heavy (non-hydrogen) atoms. The summed E-state index contributed by atoms with van der Waals surface area (Å²) in [6, 6.07) is 13.2. The molecule has 7 heteroatoms. The van der Waals surface area contributed by atoms with Gasteiger partial charge >= 0.3 is 0 Å². The molecule has 1 aromatic heterocycles. The Morgan fingerprint density at radius 1 is 1.24 bits per heavy atom. The predicted molar refractivity (Wildman–Crippen MR) is 106 cm³/mol. The summed E-state index contributed by atoms with van der Waals surface area (Å²) in [5.74, 6) is 0.628. The molecular weight excluding hydrogens is 375 g/mol. The molecule has 3 rings (SSSR count). The van der Waals surface area contributed by atoms with E-state index in [0.29, 0.717) is 22.8 Å². The van der Waals surface area contributed by atoms with Crippen LogP contribution < -0.4 is 4.74 Å². The number of aliphatic hydroxyl groups is 1. The van der Waals surface area contributed by atoms with E-state index in [9.17, 15) is 14.3 Å². The van der Waals surface area contributed by atoms with Gasteiger partial charge in [-0.3, -0.25) is 4.79 Å². The van der Waals surface area contributed by atoms with Crippen LogP contribution in [0.3, 0.4) is 0 Å². The van der Waals surface area contributed by atoms with Crippen molar-refractivity contribution in [2.45, 2.75) is 19.4 Å². The second-order valence-electron chi connectivity index (χ2n) is 6.74. The number of hydrogen-bond acceptors (Lipinski definition) is 5. The molecule has 0 aliphatic heterocycles. The first-order valence-corrected chi connectivity index (χ1v) is 9.16. The standard InChI is InChI=1S/C22H23FN2O4/c1-14-19(24-22(29-14)17-6-4-5-7-18(17)23)12-21(27)25(2)13-20(26)15-8-10-16(28-3)11-9-15/h4-11,20,26H,12-13H2,1-3H3. The van der Waals surface area contributed by atoms with Crippen molar-refractivity contribution >= 4 is 5.91 Å². The number of benzene rings is 2. The zero-order chi connectivity index (χ0) is 21.0. The molecule has 1 atom stereocenters. The summed E-state index contributed by atoms with van der Waals surface area (Å²) in [5, 5.41) is 10.4. The highest BCUT2D eigenvalue weighted by Crippen LogP contribution is 2.25. The topological polar surface area (TPSA) is 75.8 Å². The molecule has 2 aromatic carbocycles. The van der Waals surface area contributed by atoms with Crippen LogP contribution >= 0.6 is 0 Å². The third kappa shape index (κ3) is 4.81. The highest BCUT2D eigenvalue weighted by molar-refractivity contribution is 5.78. The van der Waals surface area contributed by atoms with E-state index in [1.807, 2.05) is 0 Å². The number of carbonyl (C=O) groups is 1. The second kappa shape index (κ2) is 8.87. The molecule has 1 N–H and O–H groups in total. The van der Waals surface area contributed by atoms with E-state index in [-0.39, 0.29) is 30.3 Å². The first-order valence-electron chi connectivity index (χ1n) is 9.16. The van der Waals surface area contributed by atoms with Crippen LogP contribution in [0.5, 0.6) is 5.75 Å². The molecule has 3 aromatic rings. The number of hydrogen-bond donors (Lipinski definition) is 1. The van der Waals surface area contributed by atoms with Crippen molar-refractivity contribution in [3.63, 3.8) is 0 Å². The van der Waals surface area contributed by atoms with Gasteiger partial charge in [0.2, 0.25) is 11.8 Å². The highest BCUT2D eigenvalue weighted by Gasteiger charge is 2.20. The number of aryl methyl sites for hydroxylation is 1. The Morgan fingerprint density at radius 3 is 2.59 bits per heavy atom. The lowest BCUT2D eigenvalue weighted by molar-refractivity contribution is -0.130. The zero-order valence-corrected chi connectivity index (χ0v) is 16.6. The van der Waals surface area contributed by atoms with Crippen molar-refractivity contribution in [3.8, 4) is 17.2 Å². The Kier molecular flexibility index (Phi) is 6.29. The van der Waals surface area contributed by atoms with Gasteiger partial charge in [-0.1, -0.05) is 24.3 Å². The minimum absolute atomic E-state index is 0.00435. The third-order valence-corrected chi connectivity index (χ3v) is 4.69. The Bertz CT molecular complexity index is 985. The summed E-state index contributed by atoms with van der Waals surface area (Å²) < 4.78 is 24.6. The van der Waals surface area contributed by atoms with Gasteiger partial charge in [-0.2, -0.15) is 0 Å². The van der Waals surface area contributed by atoms with Gasteiger partial charge in [-0.05, 0) is 36.8 Å². The summed E-state index contributed by atoms with van der Waals surface area (Å²) in [7, 11) is 3.18. The average Bonchev–Trinajstić information content (AvgIpc) is 3.08. The van der Waals surface area contributed by atoms with Gasteiger partial charge in [0, 0.05) is 7.05 Å². The smallest absolute Gasteiger partial charge is 0.229 e. The fourth-order valence-corrected chi connectivity index (χ4v) is 2.91. The number of carbonyl (C=O) groups excluding carboxylic acids is 1. The maximum Gasteiger partial charge on any atom is 0.229 e. The molecule has 0 aliphatic rings. The van der Waals surface area contributed by atoms with Crippen molar-refractivity contribution in [3.05, 3.63) is 71.4 Å². The van der Waals surface area contributed by atoms with E-state index in [0.717, 1.165) is 0 Å². The highest BCUT2D eigenvalue weighted by atomic mass is 19.1. The molecule has 152 valence electrons. The van der Waals surface area contributed by atoms with Crippen LogP contribution in [0, 0.1) is 12.7 Å². The molecular formula is C22H23FN2O4. The molecule has 6 nitrogen and oxygen atoms in total. The fourth-order valence-electron chi connectivity index (χ4n) is 2.91. The lowest BCUT2D eigenvalue weighted by Gasteiger charge is -2.21. The first-order chi connectivity index (χ1) is 13.9. The third-order valence-electron chi connectivity index (χ3n) is 4.69. The Morgan fingerprint density at radius 2 is 1.93 bits per heavy atom. The van der Waals surface area contributed by atoms with Crippen LogP contribution in [0.1, 0.15) is 23.1 Å². The average molecular weight is 398 g/mol. The maximum atomic E-state index is 13.9. The number of rotatable bonds is 7. The normalized spacial score (nSPS) is 11.9. The van der Waals surface area contributed by atoms with E-state index in [2.05, 4.69) is 4.98 Å². The van der Waals surface area contributed by atoms with Gasteiger partial charge in [0.25, 0.3) is 0 Å². The van der Waals surface area contributed by atoms with E-state index >= 15 is 0 Å². The Labute approximate surface area is 168 Å².